The van der Waals surface area contributed by atoms with Crippen molar-refractivity contribution in [1.29, 1.82) is 0 Å². The minimum Gasteiger partial charge on any atom is -0.335 e. The number of alkyl halides is 1. The molecule has 0 fully saturated rings. The fourth-order valence-corrected chi connectivity index (χ4v) is 6.41. The molecule has 33 heavy (non-hydrogen) atoms. The Kier molecular flexibility index (Phi) is 4.42. The molecule has 166 valence electrons. The third-order valence-corrected chi connectivity index (χ3v) is 7.76. The van der Waals surface area contributed by atoms with Gasteiger partial charge >= 0.3 is 0 Å². The highest BCUT2D eigenvalue weighted by Gasteiger charge is 2.45. The second-order valence-electron chi connectivity index (χ2n) is 9.25. The van der Waals surface area contributed by atoms with Crippen molar-refractivity contribution >= 4 is 23.2 Å². The minimum absolute atomic E-state index is 0.142. The van der Waals surface area contributed by atoms with Crippen molar-refractivity contribution in [2.75, 3.05) is 4.90 Å². The van der Waals surface area contributed by atoms with Crippen LogP contribution in [0.3, 0.4) is 0 Å². The number of rotatable bonds is 1. The standard InChI is InChI=1S/C27H26ClN5/c28-25-29-26(32-21-13-5-1-9-17(21)18-10-2-6-14-22(18)32)31-27(30-25)33-23-15-7-3-11-19(23)20-12-4-8-16-24(20)33/h1-7,9-15,17,19,21,23,25,27,30H,8,16H2,(H,29,31). The zero-order valence-corrected chi connectivity index (χ0v) is 18.9. The smallest absolute Gasteiger partial charge is 0.204 e. The molecule has 3 aliphatic heterocycles. The lowest BCUT2D eigenvalue weighted by molar-refractivity contribution is 0.155. The van der Waals surface area contributed by atoms with Crippen LogP contribution < -0.4 is 15.5 Å². The van der Waals surface area contributed by atoms with Crippen LogP contribution in [0, 0.1) is 5.92 Å². The van der Waals surface area contributed by atoms with E-state index >= 15 is 0 Å². The molecular weight excluding hydrogens is 430 g/mol. The summed E-state index contributed by atoms with van der Waals surface area (Å²) in [6.45, 7) is 0. The summed E-state index contributed by atoms with van der Waals surface area (Å²) >= 11 is 6.73. The van der Waals surface area contributed by atoms with Crippen molar-refractivity contribution < 1.29 is 0 Å². The lowest BCUT2D eigenvalue weighted by Gasteiger charge is -2.43. The maximum atomic E-state index is 6.73. The molecule has 6 heteroatoms. The van der Waals surface area contributed by atoms with Gasteiger partial charge in [0.05, 0.1) is 12.1 Å². The largest absolute Gasteiger partial charge is 0.335 e. The number of para-hydroxylation sites is 1. The van der Waals surface area contributed by atoms with Gasteiger partial charge in [0.1, 0.15) is 0 Å². The average molecular weight is 456 g/mol. The van der Waals surface area contributed by atoms with Gasteiger partial charge in [-0.2, -0.15) is 0 Å². The Balaban J connectivity index is 1.26. The van der Waals surface area contributed by atoms with Gasteiger partial charge in [0.2, 0.25) is 5.96 Å². The molecule has 5 nitrogen and oxygen atoms in total. The molecule has 1 aromatic carbocycles. The molecule has 0 radical (unpaired) electrons. The van der Waals surface area contributed by atoms with E-state index in [4.69, 9.17) is 16.6 Å². The molecule has 0 spiro atoms. The second-order valence-corrected chi connectivity index (χ2v) is 9.67. The van der Waals surface area contributed by atoms with E-state index in [1.54, 1.807) is 0 Å². The topological polar surface area (TPSA) is 42.9 Å². The molecule has 0 saturated carbocycles. The number of fused-ring (bicyclic) bond motifs is 5. The summed E-state index contributed by atoms with van der Waals surface area (Å²) in [6.07, 6.45) is 24.4. The summed E-state index contributed by atoms with van der Waals surface area (Å²) in [7, 11) is 0. The maximum Gasteiger partial charge on any atom is 0.204 e. The predicted molar refractivity (Wildman–Crippen MR) is 134 cm³/mol. The normalized spacial score (nSPS) is 35.2. The van der Waals surface area contributed by atoms with E-state index in [9.17, 15) is 0 Å². The number of allylic oxidation sites excluding steroid dienone is 7. The Labute approximate surface area is 199 Å². The van der Waals surface area contributed by atoms with Crippen LogP contribution >= 0.6 is 11.6 Å². The van der Waals surface area contributed by atoms with Crippen LogP contribution in [0.2, 0.25) is 0 Å². The first kappa shape index (κ1) is 19.4. The van der Waals surface area contributed by atoms with Crippen molar-refractivity contribution in [1.82, 2.24) is 15.5 Å². The van der Waals surface area contributed by atoms with Crippen molar-refractivity contribution in [3.8, 4) is 0 Å². The van der Waals surface area contributed by atoms with E-state index in [0.29, 0.717) is 11.8 Å². The summed E-state index contributed by atoms with van der Waals surface area (Å²) < 4.78 is 0. The number of hydrogen-bond donors (Lipinski definition) is 2. The van der Waals surface area contributed by atoms with Gasteiger partial charge in [-0.15, -0.1) is 0 Å². The zero-order chi connectivity index (χ0) is 21.9. The number of benzene rings is 1. The maximum absolute atomic E-state index is 6.73. The van der Waals surface area contributed by atoms with Gasteiger partial charge in [-0.05, 0) is 30.0 Å². The van der Waals surface area contributed by atoms with E-state index < -0.39 is 5.62 Å². The van der Waals surface area contributed by atoms with Gasteiger partial charge in [0.15, 0.2) is 11.9 Å². The van der Waals surface area contributed by atoms with E-state index in [2.05, 4.69) is 105 Å². The van der Waals surface area contributed by atoms with Crippen LogP contribution in [0.25, 0.3) is 0 Å². The monoisotopic (exact) mass is 455 g/mol. The Morgan fingerprint density at radius 1 is 0.939 bits per heavy atom. The van der Waals surface area contributed by atoms with Gasteiger partial charge in [0, 0.05) is 23.2 Å². The molecule has 6 atom stereocenters. The number of nitrogens with zero attached hydrogens (tertiary/aromatic N) is 3. The molecular formula is C27H26ClN5. The number of anilines is 1. The molecule has 3 aliphatic carbocycles. The Bertz CT molecular complexity index is 1200. The molecule has 0 saturated heterocycles. The number of nitrogens with one attached hydrogen (secondary N) is 2. The lowest BCUT2D eigenvalue weighted by atomic mass is 9.88. The third kappa shape index (κ3) is 2.92. The fraction of sp³-hybridized carbons (Fsp3) is 0.296. The number of hydrogen-bond acceptors (Lipinski definition) is 5. The van der Waals surface area contributed by atoms with E-state index in [1.165, 1.54) is 22.5 Å². The molecule has 3 heterocycles. The van der Waals surface area contributed by atoms with Gasteiger partial charge in [-0.1, -0.05) is 90.6 Å². The molecule has 6 aliphatic rings. The fourth-order valence-electron chi connectivity index (χ4n) is 6.20. The summed E-state index contributed by atoms with van der Waals surface area (Å²) in [6, 6.07) is 9.10. The lowest BCUT2D eigenvalue weighted by Crippen LogP contribution is -2.65. The number of halogens is 1. The van der Waals surface area contributed by atoms with E-state index in [1.807, 2.05) is 0 Å². The van der Waals surface area contributed by atoms with Crippen LogP contribution in [0.1, 0.15) is 24.3 Å². The Morgan fingerprint density at radius 2 is 1.73 bits per heavy atom. The highest BCUT2D eigenvalue weighted by molar-refractivity contribution is 6.21. The van der Waals surface area contributed by atoms with E-state index in [0.717, 1.165) is 18.8 Å². The van der Waals surface area contributed by atoms with Crippen molar-refractivity contribution in [2.45, 2.75) is 42.8 Å². The SMILES string of the molecule is ClC1N=C(N2c3ccccc3C3C=CC=CC32)NC(N2C3=C(C=CCC3)C3C=CC=CC32)N1. The first-order valence-corrected chi connectivity index (χ1v) is 12.2. The van der Waals surface area contributed by atoms with Crippen LogP contribution in [-0.2, 0) is 0 Å². The number of aliphatic imine (C=N–C) groups is 1. The molecule has 1 aromatic rings. The van der Waals surface area contributed by atoms with E-state index in [-0.39, 0.29) is 18.4 Å². The molecule has 7 rings (SSSR count). The Hall–Kier alpha value is -3.02. The summed E-state index contributed by atoms with van der Waals surface area (Å²) in [5.74, 6) is 1.52. The molecule has 2 N–H and O–H groups in total. The van der Waals surface area contributed by atoms with Gasteiger partial charge in [-0.3, -0.25) is 0 Å². The first-order valence-electron chi connectivity index (χ1n) is 11.8. The van der Waals surface area contributed by atoms with Crippen molar-refractivity contribution in [2.24, 2.45) is 10.9 Å². The molecule has 0 aromatic heterocycles. The molecule has 0 amide bonds. The highest BCUT2D eigenvalue weighted by Crippen LogP contribution is 2.45. The summed E-state index contributed by atoms with van der Waals surface area (Å²) in [5.41, 5.74) is 4.85. The van der Waals surface area contributed by atoms with Crippen LogP contribution in [0.4, 0.5) is 5.69 Å². The summed E-state index contributed by atoms with van der Waals surface area (Å²) in [4.78, 5) is 9.64. The first-order chi connectivity index (χ1) is 16.3. The second kappa shape index (κ2) is 7.51. The van der Waals surface area contributed by atoms with Gasteiger partial charge in [0.25, 0.3) is 0 Å². The highest BCUT2D eigenvalue weighted by atomic mass is 35.5. The Morgan fingerprint density at radius 3 is 2.64 bits per heavy atom. The van der Waals surface area contributed by atoms with Crippen molar-refractivity contribution in [3.05, 3.63) is 102 Å². The van der Waals surface area contributed by atoms with Crippen LogP contribution in [0.15, 0.2) is 101 Å². The minimum atomic E-state index is -0.508. The number of guanidine groups is 1. The van der Waals surface area contributed by atoms with Crippen LogP contribution in [-0.4, -0.2) is 34.9 Å². The third-order valence-electron chi connectivity index (χ3n) is 7.54. The van der Waals surface area contributed by atoms with Crippen molar-refractivity contribution in [3.63, 3.8) is 0 Å². The quantitative estimate of drug-likeness (QED) is 0.484. The summed E-state index contributed by atoms with van der Waals surface area (Å²) in [5, 5.41) is 7.23. The van der Waals surface area contributed by atoms with Crippen LogP contribution in [0.5, 0.6) is 0 Å². The van der Waals surface area contributed by atoms with Gasteiger partial charge in [-0.25, -0.2) is 10.3 Å². The molecule has 6 unspecified atom stereocenters. The average Bonchev–Trinajstić information content (AvgIpc) is 3.37. The zero-order valence-electron chi connectivity index (χ0n) is 18.2. The molecule has 0 bridgehead atoms. The predicted octanol–water partition coefficient (Wildman–Crippen LogP) is 4.47. The van der Waals surface area contributed by atoms with Gasteiger partial charge < -0.3 is 15.1 Å².